The molecule has 1 amide bonds. The lowest BCUT2D eigenvalue weighted by molar-refractivity contribution is -0.121. The summed E-state index contributed by atoms with van der Waals surface area (Å²) in [5.74, 6) is -0.235. The second-order valence-corrected chi connectivity index (χ2v) is 5.00. The van der Waals surface area contributed by atoms with Crippen molar-refractivity contribution >= 4 is 5.91 Å². The molecule has 0 aliphatic carbocycles. The molecular weight excluding hydrogens is 261 g/mol. The van der Waals surface area contributed by atoms with Crippen molar-refractivity contribution in [1.82, 2.24) is 5.32 Å². The topological polar surface area (TPSA) is 58.6 Å². The summed E-state index contributed by atoms with van der Waals surface area (Å²) in [6.45, 7) is 4.31. The molecule has 20 heavy (non-hydrogen) atoms. The lowest BCUT2D eigenvalue weighted by atomic mass is 10.1. The van der Waals surface area contributed by atoms with Gasteiger partial charge in [0.1, 0.15) is 0 Å². The summed E-state index contributed by atoms with van der Waals surface area (Å²) < 4.78 is 18.5. The van der Waals surface area contributed by atoms with Crippen LogP contribution in [-0.2, 0) is 4.79 Å². The number of aliphatic hydroxyl groups excluding tert-OH is 1. The largest absolute Gasteiger partial charge is 0.491 e. The van der Waals surface area contributed by atoms with E-state index in [4.69, 9.17) is 4.74 Å². The molecule has 0 spiro atoms. The van der Waals surface area contributed by atoms with Crippen LogP contribution in [0.4, 0.5) is 4.39 Å². The average molecular weight is 283 g/mol. The van der Waals surface area contributed by atoms with Crippen LogP contribution in [0.3, 0.4) is 0 Å². The Labute approximate surface area is 119 Å². The fourth-order valence-electron chi connectivity index (χ4n) is 1.52. The number of nitrogens with one attached hydrogen (secondary N) is 1. The summed E-state index contributed by atoms with van der Waals surface area (Å²) in [7, 11) is 0. The van der Waals surface area contributed by atoms with Gasteiger partial charge < -0.3 is 15.2 Å². The lowest BCUT2D eigenvalue weighted by Crippen LogP contribution is -2.34. The summed E-state index contributed by atoms with van der Waals surface area (Å²) >= 11 is 0. The molecule has 0 aromatic heterocycles. The van der Waals surface area contributed by atoms with Crippen LogP contribution < -0.4 is 10.1 Å². The molecule has 1 atom stereocenters. The zero-order chi connectivity index (χ0) is 15.0. The van der Waals surface area contributed by atoms with E-state index in [9.17, 15) is 14.3 Å². The Morgan fingerprint density at radius 2 is 2.10 bits per heavy atom. The summed E-state index contributed by atoms with van der Waals surface area (Å²) in [6, 6.07) is 6.16. The van der Waals surface area contributed by atoms with Gasteiger partial charge in [0.25, 0.3) is 0 Å². The minimum Gasteiger partial charge on any atom is -0.491 e. The smallest absolute Gasteiger partial charge is 0.220 e. The Balaban J connectivity index is 2.15. The van der Waals surface area contributed by atoms with Gasteiger partial charge >= 0.3 is 0 Å². The third-order valence-electron chi connectivity index (χ3n) is 2.92. The first-order valence-electron chi connectivity index (χ1n) is 6.82. The number of hydrogen-bond donors (Lipinski definition) is 2. The zero-order valence-corrected chi connectivity index (χ0v) is 11.9. The third kappa shape index (κ3) is 6.02. The highest BCUT2D eigenvalue weighted by Gasteiger charge is 2.10. The molecule has 1 aromatic carbocycles. The van der Waals surface area contributed by atoms with E-state index >= 15 is 0 Å². The summed E-state index contributed by atoms with van der Waals surface area (Å²) in [6.07, 6.45) is 0.255. The number of rotatable bonds is 8. The molecule has 2 N–H and O–H groups in total. The number of para-hydroxylation sites is 1. The molecule has 0 aliphatic heterocycles. The van der Waals surface area contributed by atoms with Crippen LogP contribution in [-0.4, -0.2) is 30.3 Å². The highest BCUT2D eigenvalue weighted by molar-refractivity contribution is 5.75. The maximum atomic E-state index is 13.2. The Hall–Kier alpha value is -1.62. The fraction of sp³-hybridized carbons (Fsp3) is 0.533. The molecule has 1 unspecified atom stereocenters. The van der Waals surface area contributed by atoms with Gasteiger partial charge in [-0.2, -0.15) is 0 Å². The van der Waals surface area contributed by atoms with Crippen molar-refractivity contribution in [1.29, 1.82) is 0 Å². The van der Waals surface area contributed by atoms with Crippen molar-refractivity contribution in [3.63, 3.8) is 0 Å². The monoisotopic (exact) mass is 283 g/mol. The fourth-order valence-corrected chi connectivity index (χ4v) is 1.52. The average Bonchev–Trinajstić information content (AvgIpc) is 2.42. The molecule has 1 aromatic rings. The standard InChI is InChI=1S/C15H22FNO3/c1-11(2)13(18)10-17-15(19)8-5-9-20-14-7-4-3-6-12(14)16/h3-4,6-7,11,13,18H,5,8-10H2,1-2H3,(H,17,19). The van der Waals surface area contributed by atoms with Crippen molar-refractivity contribution in [2.75, 3.05) is 13.2 Å². The van der Waals surface area contributed by atoms with Crippen LogP contribution in [0.15, 0.2) is 24.3 Å². The van der Waals surface area contributed by atoms with Gasteiger partial charge in [0.15, 0.2) is 11.6 Å². The second-order valence-electron chi connectivity index (χ2n) is 5.00. The third-order valence-corrected chi connectivity index (χ3v) is 2.92. The minimum absolute atomic E-state index is 0.111. The van der Waals surface area contributed by atoms with Gasteiger partial charge in [0, 0.05) is 13.0 Å². The first-order valence-corrected chi connectivity index (χ1v) is 6.82. The molecule has 0 heterocycles. The molecule has 4 nitrogen and oxygen atoms in total. The number of carbonyl (C=O) groups excluding carboxylic acids is 1. The second kappa shape index (κ2) is 8.53. The quantitative estimate of drug-likeness (QED) is 0.718. The molecule has 5 heteroatoms. The first-order chi connectivity index (χ1) is 9.50. The van der Waals surface area contributed by atoms with Crippen molar-refractivity contribution in [3.8, 4) is 5.75 Å². The van der Waals surface area contributed by atoms with E-state index in [1.165, 1.54) is 6.07 Å². The van der Waals surface area contributed by atoms with E-state index in [0.717, 1.165) is 0 Å². The van der Waals surface area contributed by atoms with Gasteiger partial charge in [-0.3, -0.25) is 4.79 Å². The van der Waals surface area contributed by atoms with Gasteiger partial charge in [-0.1, -0.05) is 26.0 Å². The molecule has 1 rings (SSSR count). The molecule has 0 saturated heterocycles. The molecule has 0 aliphatic rings. The van der Waals surface area contributed by atoms with Crippen molar-refractivity contribution in [3.05, 3.63) is 30.1 Å². The Morgan fingerprint density at radius 3 is 2.75 bits per heavy atom. The van der Waals surface area contributed by atoms with Crippen molar-refractivity contribution in [2.45, 2.75) is 32.8 Å². The van der Waals surface area contributed by atoms with Crippen molar-refractivity contribution < 1.29 is 19.0 Å². The number of hydrogen-bond acceptors (Lipinski definition) is 3. The molecular formula is C15H22FNO3. The number of benzene rings is 1. The van der Waals surface area contributed by atoms with Crippen molar-refractivity contribution in [2.24, 2.45) is 5.92 Å². The van der Waals surface area contributed by atoms with Crippen LogP contribution in [0.2, 0.25) is 0 Å². The SMILES string of the molecule is CC(C)C(O)CNC(=O)CCCOc1ccccc1F. The number of halogens is 1. The summed E-state index contributed by atoms with van der Waals surface area (Å²) in [5.41, 5.74) is 0. The van der Waals surface area contributed by atoms with Gasteiger partial charge in [0.05, 0.1) is 12.7 Å². The molecule has 112 valence electrons. The highest BCUT2D eigenvalue weighted by Crippen LogP contribution is 2.15. The van der Waals surface area contributed by atoms with E-state index in [2.05, 4.69) is 5.32 Å². The van der Waals surface area contributed by atoms with E-state index < -0.39 is 11.9 Å². The normalized spacial score (nSPS) is 12.2. The summed E-state index contributed by atoms with van der Waals surface area (Å²) in [5, 5.41) is 12.2. The maximum absolute atomic E-state index is 13.2. The molecule has 0 fully saturated rings. The Bertz CT molecular complexity index is 423. The molecule has 0 radical (unpaired) electrons. The molecule has 0 bridgehead atoms. The maximum Gasteiger partial charge on any atom is 0.220 e. The first kappa shape index (κ1) is 16.4. The van der Waals surface area contributed by atoms with Crippen LogP contribution in [0.25, 0.3) is 0 Å². The van der Waals surface area contributed by atoms with Gasteiger partial charge in [0.2, 0.25) is 5.91 Å². The molecule has 0 saturated carbocycles. The van der Waals surface area contributed by atoms with Gasteiger partial charge in [-0.15, -0.1) is 0 Å². The Kier molecular flexibility index (Phi) is 7.01. The minimum atomic E-state index is -0.534. The summed E-state index contributed by atoms with van der Waals surface area (Å²) in [4.78, 5) is 11.5. The zero-order valence-electron chi connectivity index (χ0n) is 11.9. The lowest BCUT2D eigenvalue weighted by Gasteiger charge is -2.15. The predicted molar refractivity (Wildman–Crippen MR) is 75.0 cm³/mol. The number of amides is 1. The van der Waals surface area contributed by atoms with E-state index in [1.807, 2.05) is 13.8 Å². The van der Waals surface area contributed by atoms with Crippen LogP contribution in [0.1, 0.15) is 26.7 Å². The predicted octanol–water partition coefficient (Wildman–Crippen LogP) is 2.12. The Morgan fingerprint density at radius 1 is 1.40 bits per heavy atom. The van der Waals surface area contributed by atoms with Crippen LogP contribution >= 0.6 is 0 Å². The van der Waals surface area contributed by atoms with E-state index in [0.29, 0.717) is 12.8 Å². The number of ether oxygens (including phenoxy) is 1. The number of aliphatic hydroxyl groups is 1. The highest BCUT2D eigenvalue weighted by atomic mass is 19.1. The van der Waals surface area contributed by atoms with Crippen LogP contribution in [0, 0.1) is 11.7 Å². The van der Waals surface area contributed by atoms with Crippen LogP contribution in [0.5, 0.6) is 5.75 Å². The van der Waals surface area contributed by atoms with Gasteiger partial charge in [-0.05, 0) is 24.5 Å². The van der Waals surface area contributed by atoms with E-state index in [1.54, 1.807) is 18.2 Å². The van der Waals surface area contributed by atoms with E-state index in [-0.39, 0.29) is 30.7 Å². The number of carbonyl (C=O) groups is 1. The van der Waals surface area contributed by atoms with Gasteiger partial charge in [-0.25, -0.2) is 4.39 Å².